The maximum absolute atomic E-state index is 4.10. The molecule has 0 fully saturated rings. The summed E-state index contributed by atoms with van der Waals surface area (Å²) in [5, 5.41) is 0. The van der Waals surface area contributed by atoms with Crippen molar-refractivity contribution in [1.82, 2.24) is 0 Å². The van der Waals surface area contributed by atoms with E-state index >= 15 is 0 Å². The Hall–Kier alpha value is -1.56. The minimum absolute atomic E-state index is 0.284. The second-order valence-corrected chi connectivity index (χ2v) is 6.12. The smallest absolute Gasteiger partial charge is 0.0190 e. The van der Waals surface area contributed by atoms with Crippen LogP contribution in [0.4, 0.5) is 0 Å². The third kappa shape index (κ3) is 5.18. The highest BCUT2D eigenvalue weighted by Crippen LogP contribution is 2.24. The first kappa shape index (κ1) is 14.5. The van der Waals surface area contributed by atoms with Crippen LogP contribution in [0.2, 0.25) is 0 Å². The molecule has 0 aliphatic carbocycles. The number of allylic oxidation sites excluding steroid dienone is 4. The second kappa shape index (κ2) is 5.86. The average Bonchev–Trinajstić information content (AvgIpc) is 2.24. The van der Waals surface area contributed by atoms with Crippen LogP contribution in [0.5, 0.6) is 0 Å². The van der Waals surface area contributed by atoms with Crippen LogP contribution in [-0.4, -0.2) is 0 Å². The van der Waals surface area contributed by atoms with Gasteiger partial charge in [-0.25, -0.2) is 0 Å². The molecule has 18 heavy (non-hydrogen) atoms. The summed E-state index contributed by atoms with van der Waals surface area (Å²) in [6.07, 6.45) is 5.14. The van der Waals surface area contributed by atoms with Gasteiger partial charge in [-0.05, 0) is 29.9 Å². The molecule has 0 heterocycles. The zero-order chi connectivity index (χ0) is 13.8. The van der Waals surface area contributed by atoms with Crippen molar-refractivity contribution in [2.45, 2.75) is 34.1 Å². The fourth-order valence-corrected chi connectivity index (χ4v) is 1.82. The normalized spacial score (nSPS) is 11.8. The Bertz CT molecular complexity index is 450. The summed E-state index contributed by atoms with van der Waals surface area (Å²) in [7, 11) is 0. The Morgan fingerprint density at radius 1 is 1.06 bits per heavy atom. The predicted molar refractivity (Wildman–Crippen MR) is 82.6 cm³/mol. The van der Waals surface area contributed by atoms with Gasteiger partial charge in [-0.3, -0.25) is 0 Å². The van der Waals surface area contributed by atoms with Gasteiger partial charge in [0.15, 0.2) is 0 Å². The lowest BCUT2D eigenvalue weighted by atomic mass is 9.88. The molecule has 1 rings (SSSR count). The Balaban J connectivity index is 2.65. The third-order valence-electron chi connectivity index (χ3n) is 2.70. The van der Waals surface area contributed by atoms with E-state index in [1.54, 1.807) is 0 Å². The van der Waals surface area contributed by atoms with Gasteiger partial charge in [-0.1, -0.05) is 81.5 Å². The van der Waals surface area contributed by atoms with Crippen LogP contribution in [0.15, 0.2) is 55.1 Å². The van der Waals surface area contributed by atoms with Crippen molar-refractivity contribution in [3.05, 3.63) is 66.3 Å². The van der Waals surface area contributed by atoms with Gasteiger partial charge in [0.25, 0.3) is 0 Å². The van der Waals surface area contributed by atoms with Gasteiger partial charge < -0.3 is 0 Å². The zero-order valence-electron chi connectivity index (χ0n) is 12.1. The summed E-state index contributed by atoms with van der Waals surface area (Å²) in [4.78, 5) is 0. The summed E-state index contributed by atoms with van der Waals surface area (Å²) >= 11 is 0. The topological polar surface area (TPSA) is 0 Å². The van der Waals surface area contributed by atoms with Gasteiger partial charge in [0.1, 0.15) is 0 Å². The maximum atomic E-state index is 4.10. The molecule has 0 saturated heterocycles. The first-order chi connectivity index (χ1) is 8.28. The van der Waals surface area contributed by atoms with Crippen LogP contribution in [-0.2, 0) is 0 Å². The van der Waals surface area contributed by atoms with E-state index in [1.165, 1.54) is 11.1 Å². The van der Waals surface area contributed by atoms with Crippen LogP contribution >= 0.6 is 0 Å². The summed E-state index contributed by atoms with van der Waals surface area (Å²) < 4.78 is 0. The first-order valence-electron chi connectivity index (χ1n) is 6.40. The van der Waals surface area contributed by atoms with E-state index in [0.717, 1.165) is 17.6 Å². The molecule has 96 valence electrons. The van der Waals surface area contributed by atoms with E-state index in [0.29, 0.717) is 0 Å². The molecule has 0 nitrogen and oxygen atoms in total. The van der Waals surface area contributed by atoms with Crippen LogP contribution in [0, 0.1) is 12.3 Å². The molecule has 0 bridgehead atoms. The number of aryl methyl sites for hydroxylation is 1. The molecule has 0 aromatic heterocycles. The molecule has 1 aromatic carbocycles. The number of benzene rings is 1. The van der Waals surface area contributed by atoms with Gasteiger partial charge in [-0.2, -0.15) is 0 Å². The van der Waals surface area contributed by atoms with Crippen molar-refractivity contribution in [2.75, 3.05) is 0 Å². The molecule has 0 radical (unpaired) electrons. The van der Waals surface area contributed by atoms with Gasteiger partial charge in [0.05, 0.1) is 0 Å². The maximum Gasteiger partial charge on any atom is -0.0190 e. The van der Waals surface area contributed by atoms with Crippen LogP contribution in [0.25, 0.3) is 5.57 Å². The summed E-state index contributed by atoms with van der Waals surface area (Å²) in [5.74, 6) is 0. The molecular formula is C18H24. The summed E-state index contributed by atoms with van der Waals surface area (Å²) in [6, 6.07) is 8.43. The lowest BCUT2D eigenvalue weighted by Crippen LogP contribution is -2.04. The van der Waals surface area contributed by atoms with Crippen molar-refractivity contribution in [1.29, 1.82) is 0 Å². The van der Waals surface area contributed by atoms with Gasteiger partial charge in [0.2, 0.25) is 0 Å². The third-order valence-corrected chi connectivity index (χ3v) is 2.70. The largest absolute Gasteiger partial charge is 0.0958 e. The summed E-state index contributed by atoms with van der Waals surface area (Å²) in [6.45, 7) is 16.9. The van der Waals surface area contributed by atoms with E-state index in [4.69, 9.17) is 0 Å². The van der Waals surface area contributed by atoms with E-state index < -0.39 is 0 Å². The van der Waals surface area contributed by atoms with E-state index in [-0.39, 0.29) is 5.41 Å². The molecule has 0 heteroatoms. The highest BCUT2D eigenvalue weighted by atomic mass is 14.2. The molecule has 0 aliphatic heterocycles. The molecular weight excluding hydrogens is 216 g/mol. The molecule has 0 unspecified atom stereocenters. The van der Waals surface area contributed by atoms with E-state index in [2.05, 4.69) is 77.3 Å². The number of hydrogen-bond donors (Lipinski definition) is 0. The fraction of sp³-hybridized carbons (Fsp3) is 0.333. The Labute approximate surface area is 112 Å². The number of hydrogen-bond acceptors (Lipinski definition) is 0. The quantitative estimate of drug-likeness (QED) is 0.605. The van der Waals surface area contributed by atoms with Crippen molar-refractivity contribution in [3.8, 4) is 0 Å². The minimum Gasteiger partial charge on any atom is -0.0958 e. The Morgan fingerprint density at radius 3 is 2.11 bits per heavy atom. The highest BCUT2D eigenvalue weighted by Gasteiger charge is 2.10. The van der Waals surface area contributed by atoms with E-state index in [9.17, 15) is 0 Å². The van der Waals surface area contributed by atoms with Gasteiger partial charge in [0, 0.05) is 0 Å². The lowest BCUT2D eigenvalue weighted by Gasteiger charge is -2.17. The average molecular weight is 240 g/mol. The Morgan fingerprint density at radius 2 is 1.61 bits per heavy atom. The van der Waals surface area contributed by atoms with Gasteiger partial charge in [-0.15, -0.1) is 0 Å². The van der Waals surface area contributed by atoms with Crippen LogP contribution < -0.4 is 0 Å². The SMILES string of the molecule is C=C(/C=C\C(=C)c1ccc(C)cc1)CC(C)(C)C. The van der Waals surface area contributed by atoms with E-state index in [1.807, 2.05) is 0 Å². The molecule has 0 N–H and O–H groups in total. The first-order valence-corrected chi connectivity index (χ1v) is 6.40. The van der Waals surface area contributed by atoms with Crippen molar-refractivity contribution >= 4 is 5.57 Å². The van der Waals surface area contributed by atoms with Crippen molar-refractivity contribution in [3.63, 3.8) is 0 Å². The predicted octanol–water partition coefficient (Wildman–Crippen LogP) is 5.56. The second-order valence-electron chi connectivity index (χ2n) is 6.12. The van der Waals surface area contributed by atoms with Crippen molar-refractivity contribution in [2.24, 2.45) is 5.41 Å². The molecule has 0 aliphatic rings. The van der Waals surface area contributed by atoms with Gasteiger partial charge >= 0.3 is 0 Å². The Kier molecular flexibility index (Phi) is 4.72. The zero-order valence-corrected chi connectivity index (χ0v) is 12.1. The molecule has 0 spiro atoms. The van der Waals surface area contributed by atoms with Crippen LogP contribution in [0.3, 0.4) is 0 Å². The minimum atomic E-state index is 0.284. The molecule has 0 saturated carbocycles. The fourth-order valence-electron chi connectivity index (χ4n) is 1.82. The molecule has 1 aromatic rings. The number of rotatable bonds is 4. The molecule has 0 atom stereocenters. The van der Waals surface area contributed by atoms with Crippen LogP contribution in [0.1, 0.15) is 38.3 Å². The summed E-state index contributed by atoms with van der Waals surface area (Å²) in [5.41, 5.74) is 4.90. The lowest BCUT2D eigenvalue weighted by molar-refractivity contribution is 0.414. The standard InChI is InChI=1S/C18H24/c1-14-8-11-17(12-9-14)16(3)10-7-15(2)13-18(4,5)6/h7-12H,2-3,13H2,1,4-6H3/b10-7-. The highest BCUT2D eigenvalue weighted by molar-refractivity contribution is 5.72. The molecule has 0 amide bonds. The monoisotopic (exact) mass is 240 g/mol. The van der Waals surface area contributed by atoms with Crippen molar-refractivity contribution < 1.29 is 0 Å².